The Morgan fingerprint density at radius 2 is 2.04 bits per heavy atom. The number of carbonyl (C=O) groups excluding carboxylic acids is 2. The topological polar surface area (TPSA) is 111 Å². The molecule has 3 N–H and O–H groups in total. The molecule has 1 aromatic rings. The molecule has 1 aliphatic carbocycles. The Balaban J connectivity index is 2.10. The molecule has 2 rings (SSSR count). The number of anilines is 2. The lowest BCUT2D eigenvalue weighted by molar-refractivity contribution is -0.154. The van der Waals surface area contributed by atoms with Crippen molar-refractivity contribution in [2.24, 2.45) is 11.8 Å². The number of aromatic nitrogens is 2. The molecule has 1 heterocycles. The lowest BCUT2D eigenvalue weighted by Crippen LogP contribution is -2.41. The average molecular weight is 400 g/mol. The fraction of sp³-hybridized carbons (Fsp3) is 0.647. The SMILES string of the molecule is CN(C)c1nc(CF)nc(NNC(=O)[C@@H](CC2CCCC2)CN(O)C=O)c1F. The molecule has 1 fully saturated rings. The molecule has 156 valence electrons. The molecule has 1 saturated carbocycles. The number of nitrogens with one attached hydrogen (secondary N) is 2. The van der Waals surface area contributed by atoms with E-state index in [0.29, 0.717) is 17.4 Å². The molecule has 1 atom stereocenters. The number of hydroxylamine groups is 2. The Hall–Kier alpha value is -2.56. The van der Waals surface area contributed by atoms with Crippen LogP contribution in [0, 0.1) is 17.7 Å². The quantitative estimate of drug-likeness (QED) is 0.311. The summed E-state index contributed by atoms with van der Waals surface area (Å²) in [5, 5.41) is 9.90. The predicted molar refractivity (Wildman–Crippen MR) is 97.5 cm³/mol. The highest BCUT2D eigenvalue weighted by Crippen LogP contribution is 2.30. The summed E-state index contributed by atoms with van der Waals surface area (Å²) >= 11 is 0. The summed E-state index contributed by atoms with van der Waals surface area (Å²) in [6.45, 7) is -1.18. The molecular weight excluding hydrogens is 374 g/mol. The summed E-state index contributed by atoms with van der Waals surface area (Å²) in [4.78, 5) is 32.1. The van der Waals surface area contributed by atoms with Gasteiger partial charge in [0, 0.05) is 14.1 Å². The van der Waals surface area contributed by atoms with E-state index in [2.05, 4.69) is 20.8 Å². The van der Waals surface area contributed by atoms with Gasteiger partial charge >= 0.3 is 0 Å². The molecule has 0 aliphatic heterocycles. The maximum Gasteiger partial charge on any atom is 0.243 e. The molecule has 1 aromatic heterocycles. The van der Waals surface area contributed by atoms with Gasteiger partial charge in [-0.3, -0.25) is 25.6 Å². The van der Waals surface area contributed by atoms with E-state index in [1.807, 2.05) is 0 Å². The van der Waals surface area contributed by atoms with Crippen LogP contribution in [0.15, 0.2) is 0 Å². The molecule has 2 amide bonds. The maximum atomic E-state index is 14.5. The van der Waals surface area contributed by atoms with Gasteiger partial charge in [0.05, 0.1) is 12.5 Å². The van der Waals surface area contributed by atoms with Crippen molar-refractivity contribution < 1.29 is 23.6 Å². The van der Waals surface area contributed by atoms with Crippen LogP contribution in [0.4, 0.5) is 20.4 Å². The van der Waals surface area contributed by atoms with Crippen LogP contribution in [0.5, 0.6) is 0 Å². The molecule has 11 heteroatoms. The van der Waals surface area contributed by atoms with E-state index in [-0.39, 0.29) is 30.4 Å². The highest BCUT2D eigenvalue weighted by molar-refractivity contribution is 5.80. The molecule has 0 spiro atoms. The smallest absolute Gasteiger partial charge is 0.243 e. The van der Waals surface area contributed by atoms with Crippen LogP contribution in [0.25, 0.3) is 0 Å². The van der Waals surface area contributed by atoms with Crippen molar-refractivity contribution in [3.8, 4) is 0 Å². The summed E-state index contributed by atoms with van der Waals surface area (Å²) in [6.07, 6.45) is 4.85. The number of hydrogen-bond acceptors (Lipinski definition) is 7. The molecule has 0 bridgehead atoms. The van der Waals surface area contributed by atoms with Gasteiger partial charge in [0.1, 0.15) is 6.67 Å². The lowest BCUT2D eigenvalue weighted by Gasteiger charge is -2.23. The number of hydrazine groups is 1. The minimum atomic E-state index is -0.993. The highest BCUT2D eigenvalue weighted by atomic mass is 19.1. The van der Waals surface area contributed by atoms with Crippen LogP contribution >= 0.6 is 0 Å². The summed E-state index contributed by atoms with van der Waals surface area (Å²) in [7, 11) is 3.09. The summed E-state index contributed by atoms with van der Waals surface area (Å²) in [6, 6.07) is 0. The molecule has 0 aromatic carbocycles. The van der Waals surface area contributed by atoms with Crippen LogP contribution in [0.3, 0.4) is 0 Å². The zero-order valence-corrected chi connectivity index (χ0v) is 16.0. The molecular formula is C17H26F2N6O3. The molecule has 1 aliphatic rings. The van der Waals surface area contributed by atoms with Crippen LogP contribution in [-0.2, 0) is 16.3 Å². The third kappa shape index (κ3) is 5.72. The van der Waals surface area contributed by atoms with E-state index in [4.69, 9.17) is 0 Å². The Labute approximate surface area is 162 Å². The number of halogens is 2. The second-order valence-corrected chi connectivity index (χ2v) is 7.08. The van der Waals surface area contributed by atoms with Crippen molar-refractivity contribution >= 4 is 24.0 Å². The third-order valence-electron chi connectivity index (χ3n) is 4.72. The maximum absolute atomic E-state index is 14.5. The van der Waals surface area contributed by atoms with Crippen LogP contribution < -0.4 is 15.8 Å². The van der Waals surface area contributed by atoms with Gasteiger partial charge in [-0.25, -0.2) is 19.4 Å². The molecule has 0 radical (unpaired) electrons. The first kappa shape index (κ1) is 21.7. The highest BCUT2D eigenvalue weighted by Gasteiger charge is 2.27. The fourth-order valence-electron chi connectivity index (χ4n) is 3.32. The minimum Gasteiger partial charge on any atom is -0.360 e. The zero-order chi connectivity index (χ0) is 20.7. The number of amides is 2. The van der Waals surface area contributed by atoms with E-state index >= 15 is 0 Å². The lowest BCUT2D eigenvalue weighted by atomic mass is 9.92. The first-order valence-corrected chi connectivity index (χ1v) is 9.12. The Morgan fingerprint density at radius 3 is 2.61 bits per heavy atom. The van der Waals surface area contributed by atoms with E-state index in [1.165, 1.54) is 4.90 Å². The van der Waals surface area contributed by atoms with Gasteiger partial charge in [0.25, 0.3) is 0 Å². The second-order valence-electron chi connectivity index (χ2n) is 7.08. The van der Waals surface area contributed by atoms with Gasteiger partial charge in [-0.15, -0.1) is 0 Å². The Kier molecular flexibility index (Phi) is 7.85. The summed E-state index contributed by atoms with van der Waals surface area (Å²) < 4.78 is 27.5. The summed E-state index contributed by atoms with van der Waals surface area (Å²) in [5.41, 5.74) is 4.72. The van der Waals surface area contributed by atoms with E-state index in [0.717, 1.165) is 25.7 Å². The number of alkyl halides is 1. The van der Waals surface area contributed by atoms with Crippen molar-refractivity contribution in [3.05, 3.63) is 11.6 Å². The first-order chi connectivity index (χ1) is 13.3. The van der Waals surface area contributed by atoms with Crippen LogP contribution in [-0.4, -0.2) is 53.2 Å². The monoisotopic (exact) mass is 400 g/mol. The first-order valence-electron chi connectivity index (χ1n) is 9.12. The number of hydrogen-bond donors (Lipinski definition) is 3. The van der Waals surface area contributed by atoms with Gasteiger partial charge in [-0.2, -0.15) is 4.39 Å². The molecule has 0 unspecified atom stereocenters. The zero-order valence-electron chi connectivity index (χ0n) is 16.0. The van der Waals surface area contributed by atoms with Gasteiger partial charge in [-0.05, 0) is 12.3 Å². The fourth-order valence-corrected chi connectivity index (χ4v) is 3.32. The standard InChI is InChI=1S/C17H26F2N6O3/c1-24(2)16-14(19)15(20-13(8-18)21-16)22-23-17(27)12(9-25(28)10-26)7-11-5-3-4-6-11/h10-12,28H,3-9H2,1-2H3,(H,23,27)(H,20,21,22)/t12-/m0/s1. The Bertz CT molecular complexity index is 685. The summed E-state index contributed by atoms with van der Waals surface area (Å²) in [5.74, 6) is -2.45. The largest absolute Gasteiger partial charge is 0.360 e. The number of rotatable bonds is 10. The van der Waals surface area contributed by atoms with Crippen molar-refractivity contribution in [2.45, 2.75) is 38.8 Å². The van der Waals surface area contributed by atoms with Gasteiger partial charge < -0.3 is 4.90 Å². The molecule has 28 heavy (non-hydrogen) atoms. The minimum absolute atomic E-state index is 0.121. The van der Waals surface area contributed by atoms with E-state index in [1.54, 1.807) is 14.1 Å². The normalized spacial score (nSPS) is 15.2. The molecule has 0 saturated heterocycles. The predicted octanol–water partition coefficient (Wildman–Crippen LogP) is 1.64. The van der Waals surface area contributed by atoms with Crippen molar-refractivity contribution in [1.29, 1.82) is 0 Å². The number of nitrogens with zero attached hydrogens (tertiary/aromatic N) is 4. The molecule has 9 nitrogen and oxygen atoms in total. The average Bonchev–Trinajstić information content (AvgIpc) is 3.19. The van der Waals surface area contributed by atoms with Gasteiger partial charge in [0.15, 0.2) is 17.5 Å². The van der Waals surface area contributed by atoms with Crippen LogP contribution in [0.1, 0.15) is 37.9 Å². The van der Waals surface area contributed by atoms with E-state index in [9.17, 15) is 23.6 Å². The van der Waals surface area contributed by atoms with Crippen LogP contribution in [0.2, 0.25) is 0 Å². The van der Waals surface area contributed by atoms with Gasteiger partial charge in [-0.1, -0.05) is 25.7 Å². The number of carbonyl (C=O) groups is 2. The van der Waals surface area contributed by atoms with Gasteiger partial charge in [0.2, 0.25) is 18.1 Å². The van der Waals surface area contributed by atoms with E-state index < -0.39 is 24.3 Å². The van der Waals surface area contributed by atoms with Crippen molar-refractivity contribution in [1.82, 2.24) is 20.5 Å². The van der Waals surface area contributed by atoms with Crippen molar-refractivity contribution in [3.63, 3.8) is 0 Å². The Morgan fingerprint density at radius 1 is 1.36 bits per heavy atom. The second kappa shape index (κ2) is 10.1. The van der Waals surface area contributed by atoms with Crippen molar-refractivity contribution in [2.75, 3.05) is 31.0 Å². The third-order valence-corrected chi connectivity index (χ3v) is 4.72.